The molecular formula is C14H27NO2. The monoisotopic (exact) mass is 241 g/mol. The summed E-state index contributed by atoms with van der Waals surface area (Å²) in [6, 6.07) is 0. The topological polar surface area (TPSA) is 30.5 Å². The number of ether oxygens (including phenoxy) is 2. The third kappa shape index (κ3) is 2.38. The van der Waals surface area contributed by atoms with Crippen LogP contribution in [0.5, 0.6) is 0 Å². The van der Waals surface area contributed by atoms with Crippen molar-refractivity contribution in [1.29, 1.82) is 0 Å². The molecule has 2 aliphatic heterocycles. The predicted octanol–water partition coefficient (Wildman–Crippen LogP) is 2.35. The molecule has 0 aliphatic carbocycles. The van der Waals surface area contributed by atoms with E-state index in [-0.39, 0.29) is 11.2 Å². The average Bonchev–Trinajstić information content (AvgIpc) is 2.93. The molecule has 0 aromatic heterocycles. The first-order chi connectivity index (χ1) is 8.20. The van der Waals surface area contributed by atoms with Crippen LogP contribution in [0, 0.1) is 5.92 Å². The molecule has 100 valence electrons. The lowest BCUT2D eigenvalue weighted by Gasteiger charge is -2.50. The van der Waals surface area contributed by atoms with Crippen molar-refractivity contribution in [3.05, 3.63) is 0 Å². The Morgan fingerprint density at radius 1 is 1.12 bits per heavy atom. The fraction of sp³-hybridized carbons (Fsp3) is 1.00. The van der Waals surface area contributed by atoms with Crippen molar-refractivity contribution in [3.63, 3.8) is 0 Å². The molecule has 3 nitrogen and oxygen atoms in total. The van der Waals surface area contributed by atoms with Crippen molar-refractivity contribution in [2.45, 2.75) is 57.7 Å². The summed E-state index contributed by atoms with van der Waals surface area (Å²) < 4.78 is 12.2. The number of nitrogens with one attached hydrogen (secondary N) is 1. The predicted molar refractivity (Wildman–Crippen MR) is 69.2 cm³/mol. The highest BCUT2D eigenvalue weighted by Crippen LogP contribution is 2.39. The van der Waals surface area contributed by atoms with Gasteiger partial charge in [-0.25, -0.2) is 0 Å². The number of hydrogen-bond acceptors (Lipinski definition) is 3. The second-order valence-corrected chi connectivity index (χ2v) is 5.57. The van der Waals surface area contributed by atoms with Crippen molar-refractivity contribution in [2.24, 2.45) is 5.92 Å². The smallest absolute Gasteiger partial charge is 0.0862 e. The third-order valence-electron chi connectivity index (χ3n) is 4.85. The zero-order chi connectivity index (χ0) is 12.4. The van der Waals surface area contributed by atoms with Crippen LogP contribution in [0.1, 0.15) is 46.5 Å². The Morgan fingerprint density at radius 3 is 2.41 bits per heavy atom. The van der Waals surface area contributed by atoms with Gasteiger partial charge in [-0.15, -0.1) is 0 Å². The van der Waals surface area contributed by atoms with Crippen LogP contribution in [-0.2, 0) is 9.47 Å². The molecule has 2 heterocycles. The van der Waals surface area contributed by atoms with E-state index in [1.54, 1.807) is 0 Å². The van der Waals surface area contributed by atoms with Gasteiger partial charge in [-0.3, -0.25) is 0 Å². The van der Waals surface area contributed by atoms with Crippen LogP contribution in [0.4, 0.5) is 0 Å². The molecule has 0 aromatic rings. The number of rotatable bonds is 4. The second kappa shape index (κ2) is 5.25. The van der Waals surface area contributed by atoms with Crippen molar-refractivity contribution in [2.75, 3.05) is 26.3 Å². The van der Waals surface area contributed by atoms with E-state index in [0.29, 0.717) is 5.92 Å². The van der Waals surface area contributed by atoms with Crippen LogP contribution in [-0.4, -0.2) is 37.5 Å². The molecule has 0 bridgehead atoms. The van der Waals surface area contributed by atoms with Gasteiger partial charge in [0.25, 0.3) is 0 Å². The van der Waals surface area contributed by atoms with Crippen LogP contribution in [0.2, 0.25) is 0 Å². The Kier molecular flexibility index (Phi) is 4.11. The lowest BCUT2D eigenvalue weighted by atomic mass is 9.80. The van der Waals surface area contributed by atoms with Gasteiger partial charge in [-0.2, -0.15) is 0 Å². The SMILES string of the molecule is CCC1(CC)CNCC(CC)(C2CCOC2)O1. The van der Waals surface area contributed by atoms with E-state index in [9.17, 15) is 0 Å². The minimum atomic E-state index is 0.000764. The summed E-state index contributed by atoms with van der Waals surface area (Å²) in [7, 11) is 0. The van der Waals surface area contributed by atoms with E-state index >= 15 is 0 Å². The molecule has 0 aromatic carbocycles. The zero-order valence-corrected chi connectivity index (χ0v) is 11.6. The van der Waals surface area contributed by atoms with E-state index in [0.717, 1.165) is 52.0 Å². The lowest BCUT2D eigenvalue weighted by Crippen LogP contribution is -2.62. The van der Waals surface area contributed by atoms with Crippen LogP contribution < -0.4 is 5.32 Å². The van der Waals surface area contributed by atoms with E-state index in [1.807, 2.05) is 0 Å². The summed E-state index contributed by atoms with van der Waals surface area (Å²) in [5.41, 5.74) is 0.0393. The first kappa shape index (κ1) is 13.3. The van der Waals surface area contributed by atoms with Gasteiger partial charge in [0.05, 0.1) is 17.8 Å². The largest absolute Gasteiger partial charge is 0.381 e. The highest BCUT2D eigenvalue weighted by atomic mass is 16.5. The molecule has 2 aliphatic rings. The van der Waals surface area contributed by atoms with E-state index in [4.69, 9.17) is 9.47 Å². The molecule has 2 rings (SSSR count). The molecule has 1 N–H and O–H groups in total. The summed E-state index contributed by atoms with van der Waals surface area (Å²) in [6.07, 6.45) is 4.41. The molecule has 2 fully saturated rings. The number of hydrogen-bond donors (Lipinski definition) is 1. The van der Waals surface area contributed by atoms with Crippen molar-refractivity contribution in [1.82, 2.24) is 5.32 Å². The maximum Gasteiger partial charge on any atom is 0.0862 e. The Bertz CT molecular complexity index is 247. The molecule has 2 atom stereocenters. The van der Waals surface area contributed by atoms with E-state index in [1.165, 1.54) is 0 Å². The molecule has 0 amide bonds. The Hall–Kier alpha value is -0.120. The summed E-state index contributed by atoms with van der Waals surface area (Å²) in [5, 5.41) is 3.62. The van der Waals surface area contributed by atoms with Gasteiger partial charge >= 0.3 is 0 Å². The fourth-order valence-corrected chi connectivity index (χ4v) is 3.31. The fourth-order valence-electron chi connectivity index (χ4n) is 3.31. The molecular weight excluding hydrogens is 214 g/mol. The van der Waals surface area contributed by atoms with Gasteiger partial charge < -0.3 is 14.8 Å². The molecule has 2 saturated heterocycles. The second-order valence-electron chi connectivity index (χ2n) is 5.57. The highest BCUT2D eigenvalue weighted by molar-refractivity contribution is 4.99. The van der Waals surface area contributed by atoms with E-state index < -0.39 is 0 Å². The summed E-state index contributed by atoms with van der Waals surface area (Å²) in [6.45, 7) is 10.5. The van der Waals surface area contributed by atoms with Crippen molar-refractivity contribution in [3.8, 4) is 0 Å². The molecule has 0 radical (unpaired) electrons. The zero-order valence-electron chi connectivity index (χ0n) is 11.6. The maximum absolute atomic E-state index is 6.65. The summed E-state index contributed by atoms with van der Waals surface area (Å²) >= 11 is 0. The Balaban J connectivity index is 2.16. The summed E-state index contributed by atoms with van der Waals surface area (Å²) in [5.74, 6) is 0.567. The maximum atomic E-state index is 6.65. The van der Waals surface area contributed by atoms with Crippen LogP contribution >= 0.6 is 0 Å². The lowest BCUT2D eigenvalue weighted by molar-refractivity contribution is -0.206. The quantitative estimate of drug-likeness (QED) is 0.819. The first-order valence-electron chi connectivity index (χ1n) is 7.19. The van der Waals surface area contributed by atoms with Crippen LogP contribution in [0.15, 0.2) is 0 Å². The third-order valence-corrected chi connectivity index (χ3v) is 4.85. The van der Waals surface area contributed by atoms with Gasteiger partial charge in [-0.05, 0) is 25.7 Å². The minimum Gasteiger partial charge on any atom is -0.381 e. The average molecular weight is 241 g/mol. The highest BCUT2D eigenvalue weighted by Gasteiger charge is 2.48. The number of morpholine rings is 1. The van der Waals surface area contributed by atoms with Crippen LogP contribution in [0.3, 0.4) is 0 Å². The molecule has 3 heteroatoms. The van der Waals surface area contributed by atoms with Gasteiger partial charge in [0, 0.05) is 25.6 Å². The van der Waals surface area contributed by atoms with Gasteiger partial charge in [0.15, 0.2) is 0 Å². The molecule has 2 unspecified atom stereocenters. The minimum absolute atomic E-state index is 0.000764. The Labute approximate surface area is 105 Å². The molecule has 0 spiro atoms. The van der Waals surface area contributed by atoms with Crippen molar-refractivity contribution < 1.29 is 9.47 Å². The van der Waals surface area contributed by atoms with Crippen molar-refractivity contribution >= 4 is 0 Å². The normalized spacial score (nSPS) is 37.2. The molecule has 0 saturated carbocycles. The standard InChI is InChI=1S/C14H27NO2/c1-4-13(5-2)10-15-11-14(6-3,17-13)12-7-8-16-9-12/h12,15H,4-11H2,1-3H3. The van der Waals surface area contributed by atoms with E-state index in [2.05, 4.69) is 26.1 Å². The Morgan fingerprint density at radius 2 is 1.88 bits per heavy atom. The summed E-state index contributed by atoms with van der Waals surface area (Å²) in [4.78, 5) is 0. The van der Waals surface area contributed by atoms with Gasteiger partial charge in [0.1, 0.15) is 0 Å². The van der Waals surface area contributed by atoms with Gasteiger partial charge in [-0.1, -0.05) is 20.8 Å². The molecule has 17 heavy (non-hydrogen) atoms. The van der Waals surface area contributed by atoms with Gasteiger partial charge in [0.2, 0.25) is 0 Å². The first-order valence-corrected chi connectivity index (χ1v) is 7.19. The van der Waals surface area contributed by atoms with Crippen LogP contribution in [0.25, 0.3) is 0 Å².